The van der Waals surface area contributed by atoms with Gasteiger partial charge < -0.3 is 10.8 Å². The number of non-ortho nitro benzene ring substituents is 1. The molecule has 0 amide bonds. The molecule has 1 aromatic rings. The van der Waals surface area contributed by atoms with Gasteiger partial charge in [0.2, 0.25) is 0 Å². The van der Waals surface area contributed by atoms with Crippen LogP contribution < -0.4 is 5.73 Å². The number of nitro groups is 1. The Morgan fingerprint density at radius 3 is 2.80 bits per heavy atom. The summed E-state index contributed by atoms with van der Waals surface area (Å²) in [4.78, 5) is 10.0. The number of nitrogens with zero attached hydrogens (tertiary/aromatic N) is 1. The lowest BCUT2D eigenvalue weighted by Crippen LogP contribution is -2.26. The zero-order valence-electron chi connectivity index (χ0n) is 7.89. The first-order chi connectivity index (χ1) is 7.04. The Hall–Kier alpha value is -1.17. The summed E-state index contributed by atoms with van der Waals surface area (Å²) in [5.41, 5.74) is 6.07. The van der Waals surface area contributed by atoms with E-state index in [-0.39, 0.29) is 12.3 Å². The van der Waals surface area contributed by atoms with E-state index in [0.717, 1.165) is 0 Å². The van der Waals surface area contributed by atoms with Crippen molar-refractivity contribution in [2.24, 2.45) is 5.73 Å². The molecule has 0 saturated heterocycles. The second kappa shape index (κ2) is 5.06. The highest BCUT2D eigenvalue weighted by molar-refractivity contribution is 6.31. The molecular weight excluding hydrogens is 220 g/mol. The maximum absolute atomic E-state index is 10.5. The lowest BCUT2D eigenvalue weighted by Gasteiger charge is -2.09. The van der Waals surface area contributed by atoms with Crippen LogP contribution in [0.15, 0.2) is 18.2 Å². The molecule has 3 N–H and O–H groups in total. The standard InChI is InChI=1S/C9H11ClN2O3/c10-9-2-1-8(12(14)15)4-6(9)3-7(11)5-13/h1-2,4,7,13H,3,5,11H2. The summed E-state index contributed by atoms with van der Waals surface area (Å²) in [5.74, 6) is 0. The lowest BCUT2D eigenvalue weighted by molar-refractivity contribution is -0.384. The molecule has 1 aromatic carbocycles. The molecule has 0 spiro atoms. The van der Waals surface area contributed by atoms with Crippen molar-refractivity contribution in [2.75, 3.05) is 6.61 Å². The summed E-state index contributed by atoms with van der Waals surface area (Å²) in [6.07, 6.45) is 0.316. The molecule has 0 aliphatic carbocycles. The summed E-state index contributed by atoms with van der Waals surface area (Å²) in [5, 5.41) is 19.7. The summed E-state index contributed by atoms with van der Waals surface area (Å²) < 4.78 is 0. The first-order valence-electron chi connectivity index (χ1n) is 4.34. The SMILES string of the molecule is NC(CO)Cc1cc([N+](=O)[O-])ccc1Cl. The summed E-state index contributed by atoms with van der Waals surface area (Å²) in [7, 11) is 0. The van der Waals surface area contributed by atoms with Gasteiger partial charge >= 0.3 is 0 Å². The molecular formula is C9H11ClN2O3. The predicted octanol–water partition coefficient (Wildman–Crippen LogP) is 1.11. The maximum Gasteiger partial charge on any atom is 0.269 e. The van der Waals surface area contributed by atoms with Gasteiger partial charge in [-0.15, -0.1) is 0 Å². The molecule has 1 rings (SSSR count). The second-order valence-corrected chi connectivity index (χ2v) is 3.59. The summed E-state index contributed by atoms with van der Waals surface area (Å²) in [6.45, 7) is -0.182. The number of hydrogen-bond donors (Lipinski definition) is 2. The van der Waals surface area contributed by atoms with Gasteiger partial charge in [-0.3, -0.25) is 10.1 Å². The molecule has 1 atom stereocenters. The van der Waals surface area contributed by atoms with Gasteiger partial charge in [0.25, 0.3) is 5.69 Å². The van der Waals surface area contributed by atoms with Gasteiger partial charge in [0.05, 0.1) is 11.5 Å². The highest BCUT2D eigenvalue weighted by Gasteiger charge is 2.12. The van der Waals surface area contributed by atoms with Crippen molar-refractivity contribution in [3.05, 3.63) is 38.9 Å². The fourth-order valence-electron chi connectivity index (χ4n) is 1.18. The number of hydrogen-bond acceptors (Lipinski definition) is 4. The molecule has 0 fully saturated rings. The van der Waals surface area contributed by atoms with Crippen LogP contribution in [0.4, 0.5) is 5.69 Å². The van der Waals surface area contributed by atoms with E-state index in [2.05, 4.69) is 0 Å². The first kappa shape index (κ1) is 11.9. The molecule has 0 saturated carbocycles. The van der Waals surface area contributed by atoms with Crippen LogP contribution in [0.5, 0.6) is 0 Å². The average molecular weight is 231 g/mol. The molecule has 15 heavy (non-hydrogen) atoms. The van der Waals surface area contributed by atoms with Crippen molar-refractivity contribution in [3.63, 3.8) is 0 Å². The highest BCUT2D eigenvalue weighted by Crippen LogP contribution is 2.22. The summed E-state index contributed by atoms with van der Waals surface area (Å²) >= 11 is 5.84. The third kappa shape index (κ3) is 3.16. The van der Waals surface area contributed by atoms with Crippen LogP contribution in [0.1, 0.15) is 5.56 Å². The normalized spacial score (nSPS) is 12.5. The minimum Gasteiger partial charge on any atom is -0.395 e. The number of nitrogens with two attached hydrogens (primary N) is 1. The van der Waals surface area contributed by atoms with Crippen molar-refractivity contribution in [2.45, 2.75) is 12.5 Å². The smallest absolute Gasteiger partial charge is 0.269 e. The van der Waals surface area contributed by atoms with E-state index in [1.807, 2.05) is 0 Å². The molecule has 82 valence electrons. The van der Waals surface area contributed by atoms with Crippen molar-refractivity contribution in [1.29, 1.82) is 0 Å². The Morgan fingerprint density at radius 2 is 2.27 bits per heavy atom. The lowest BCUT2D eigenvalue weighted by atomic mass is 10.1. The van der Waals surface area contributed by atoms with Gasteiger partial charge in [0.1, 0.15) is 0 Å². The van der Waals surface area contributed by atoms with E-state index in [1.54, 1.807) is 0 Å². The Bertz CT molecular complexity index is 370. The zero-order valence-corrected chi connectivity index (χ0v) is 8.65. The molecule has 1 unspecified atom stereocenters. The molecule has 0 aliphatic heterocycles. The molecule has 5 nitrogen and oxygen atoms in total. The highest BCUT2D eigenvalue weighted by atomic mass is 35.5. The van der Waals surface area contributed by atoms with Gasteiger partial charge in [-0.1, -0.05) is 11.6 Å². The first-order valence-corrected chi connectivity index (χ1v) is 4.71. The van der Waals surface area contributed by atoms with Crippen LogP contribution in [0.3, 0.4) is 0 Å². The van der Waals surface area contributed by atoms with Crippen molar-refractivity contribution in [3.8, 4) is 0 Å². The Morgan fingerprint density at radius 1 is 1.60 bits per heavy atom. The summed E-state index contributed by atoms with van der Waals surface area (Å²) in [6, 6.07) is 3.71. The van der Waals surface area contributed by atoms with Gasteiger partial charge in [-0.25, -0.2) is 0 Å². The van der Waals surface area contributed by atoms with Gasteiger partial charge in [0.15, 0.2) is 0 Å². The maximum atomic E-state index is 10.5. The second-order valence-electron chi connectivity index (χ2n) is 3.18. The van der Waals surface area contributed by atoms with E-state index in [0.29, 0.717) is 17.0 Å². The molecule has 0 radical (unpaired) electrons. The van der Waals surface area contributed by atoms with Crippen molar-refractivity contribution in [1.82, 2.24) is 0 Å². The van der Waals surface area contributed by atoms with E-state index in [9.17, 15) is 10.1 Å². The predicted molar refractivity (Wildman–Crippen MR) is 56.9 cm³/mol. The third-order valence-electron chi connectivity index (χ3n) is 1.96. The third-order valence-corrected chi connectivity index (χ3v) is 2.33. The molecule has 0 aromatic heterocycles. The van der Waals surface area contributed by atoms with Crippen LogP contribution in [0, 0.1) is 10.1 Å². The molecule has 0 aliphatic rings. The van der Waals surface area contributed by atoms with Crippen LogP contribution >= 0.6 is 11.6 Å². The number of benzene rings is 1. The molecule has 6 heteroatoms. The topological polar surface area (TPSA) is 89.4 Å². The van der Waals surface area contributed by atoms with Crippen LogP contribution in [0.2, 0.25) is 5.02 Å². The fraction of sp³-hybridized carbons (Fsp3) is 0.333. The minimum absolute atomic E-state index is 0.0282. The zero-order chi connectivity index (χ0) is 11.4. The Kier molecular flexibility index (Phi) is 4.02. The molecule has 0 bridgehead atoms. The quantitative estimate of drug-likeness (QED) is 0.599. The van der Waals surface area contributed by atoms with Crippen LogP contribution in [-0.4, -0.2) is 22.7 Å². The monoisotopic (exact) mass is 230 g/mol. The van der Waals surface area contributed by atoms with E-state index in [4.69, 9.17) is 22.4 Å². The number of aliphatic hydroxyl groups is 1. The van der Waals surface area contributed by atoms with E-state index >= 15 is 0 Å². The van der Waals surface area contributed by atoms with Crippen molar-refractivity contribution >= 4 is 17.3 Å². The van der Waals surface area contributed by atoms with Gasteiger partial charge in [-0.2, -0.15) is 0 Å². The number of halogens is 1. The average Bonchev–Trinajstić information content (AvgIpc) is 2.20. The number of aliphatic hydroxyl groups excluding tert-OH is 1. The fourth-order valence-corrected chi connectivity index (χ4v) is 1.37. The van der Waals surface area contributed by atoms with Gasteiger partial charge in [-0.05, 0) is 18.1 Å². The number of rotatable bonds is 4. The van der Waals surface area contributed by atoms with E-state index < -0.39 is 11.0 Å². The Balaban J connectivity index is 2.95. The van der Waals surface area contributed by atoms with Gasteiger partial charge in [0, 0.05) is 23.2 Å². The molecule has 0 heterocycles. The Labute approximate surface area is 91.6 Å². The minimum atomic E-state index is -0.496. The van der Waals surface area contributed by atoms with E-state index in [1.165, 1.54) is 18.2 Å². The van der Waals surface area contributed by atoms with Crippen LogP contribution in [0.25, 0.3) is 0 Å². The number of nitro benzene ring substituents is 1. The largest absolute Gasteiger partial charge is 0.395 e. The van der Waals surface area contributed by atoms with Crippen molar-refractivity contribution < 1.29 is 10.0 Å². The van der Waals surface area contributed by atoms with Crippen LogP contribution in [-0.2, 0) is 6.42 Å².